The van der Waals surface area contributed by atoms with E-state index < -0.39 is 0 Å². The predicted molar refractivity (Wildman–Crippen MR) is 107 cm³/mol. The molecule has 0 radical (unpaired) electrons. The number of amides is 1. The second-order valence-electron chi connectivity index (χ2n) is 7.61. The highest BCUT2D eigenvalue weighted by Gasteiger charge is 2.30. The van der Waals surface area contributed by atoms with E-state index in [1.807, 2.05) is 30.3 Å². The Morgan fingerprint density at radius 3 is 2.19 bits per heavy atom. The average molecular weight is 351 g/mol. The molecule has 3 nitrogen and oxygen atoms in total. The molecule has 1 saturated carbocycles. The molecule has 26 heavy (non-hydrogen) atoms. The maximum Gasteiger partial charge on any atom is 0.241 e. The summed E-state index contributed by atoms with van der Waals surface area (Å²) in [5.41, 5.74) is 3.58. The Hall–Kier alpha value is -2.13. The number of nitrogens with one attached hydrogen (secondary N) is 2. The largest absolute Gasteiger partial charge is 0.352 e. The van der Waals surface area contributed by atoms with Gasteiger partial charge in [-0.25, -0.2) is 0 Å². The van der Waals surface area contributed by atoms with E-state index in [4.69, 9.17) is 0 Å². The number of benzene rings is 2. The standard InChI is InChI=1S/C23H30N2O/c1-4-17-10-12-19(13-11-17)21(16(2)3)25-22(18-8-6-5-7-9-18)23(26)24-20-14-15-20/h5-13,16,20-22,25H,4,14-15H2,1-3H3,(H,24,26)/t21-,22-/m0/s1. The van der Waals surface area contributed by atoms with Crippen molar-refractivity contribution in [1.29, 1.82) is 0 Å². The molecule has 0 aliphatic heterocycles. The molecule has 3 rings (SSSR count). The van der Waals surface area contributed by atoms with E-state index in [-0.39, 0.29) is 18.0 Å². The summed E-state index contributed by atoms with van der Waals surface area (Å²) in [4.78, 5) is 12.9. The first kappa shape index (κ1) is 18.7. The molecule has 2 aromatic rings. The van der Waals surface area contributed by atoms with Crippen molar-refractivity contribution in [3.8, 4) is 0 Å². The van der Waals surface area contributed by atoms with Crippen LogP contribution in [-0.2, 0) is 11.2 Å². The molecule has 0 bridgehead atoms. The number of hydrogen-bond donors (Lipinski definition) is 2. The van der Waals surface area contributed by atoms with Crippen LogP contribution in [0.1, 0.15) is 62.4 Å². The zero-order chi connectivity index (χ0) is 18.5. The van der Waals surface area contributed by atoms with Gasteiger partial charge in [-0.2, -0.15) is 0 Å². The molecule has 2 atom stereocenters. The molecule has 0 spiro atoms. The van der Waals surface area contributed by atoms with Crippen molar-refractivity contribution in [1.82, 2.24) is 10.6 Å². The lowest BCUT2D eigenvalue weighted by Crippen LogP contribution is -2.41. The van der Waals surface area contributed by atoms with Crippen molar-refractivity contribution in [2.75, 3.05) is 0 Å². The number of aryl methyl sites for hydroxylation is 1. The minimum Gasteiger partial charge on any atom is -0.352 e. The first-order valence-corrected chi connectivity index (χ1v) is 9.78. The van der Waals surface area contributed by atoms with Crippen LogP contribution in [0.3, 0.4) is 0 Å². The zero-order valence-corrected chi connectivity index (χ0v) is 16.0. The molecule has 3 heteroatoms. The Bertz CT molecular complexity index is 705. The van der Waals surface area contributed by atoms with Crippen molar-refractivity contribution in [2.24, 2.45) is 5.92 Å². The summed E-state index contributed by atoms with van der Waals surface area (Å²) < 4.78 is 0. The first-order chi connectivity index (χ1) is 12.6. The second-order valence-corrected chi connectivity index (χ2v) is 7.61. The molecular weight excluding hydrogens is 320 g/mol. The Balaban J connectivity index is 1.84. The molecule has 1 fully saturated rings. The third-order valence-corrected chi connectivity index (χ3v) is 5.08. The van der Waals surface area contributed by atoms with E-state index >= 15 is 0 Å². The van der Waals surface area contributed by atoms with Gasteiger partial charge in [0.25, 0.3) is 0 Å². The van der Waals surface area contributed by atoms with Gasteiger partial charge in [0.1, 0.15) is 6.04 Å². The maximum atomic E-state index is 12.9. The van der Waals surface area contributed by atoms with Crippen LogP contribution in [0.4, 0.5) is 0 Å². The fraction of sp³-hybridized carbons (Fsp3) is 0.435. The lowest BCUT2D eigenvalue weighted by Gasteiger charge is -2.29. The average Bonchev–Trinajstić information content (AvgIpc) is 3.47. The third kappa shape index (κ3) is 4.73. The quantitative estimate of drug-likeness (QED) is 0.733. The molecule has 0 unspecified atom stereocenters. The van der Waals surface area contributed by atoms with Crippen LogP contribution in [0, 0.1) is 5.92 Å². The molecule has 1 amide bonds. The molecule has 2 aromatic carbocycles. The fourth-order valence-corrected chi connectivity index (χ4v) is 3.29. The van der Waals surface area contributed by atoms with Crippen LogP contribution in [0.15, 0.2) is 54.6 Å². The molecule has 0 aromatic heterocycles. The Kier molecular flexibility index (Phi) is 6.10. The maximum absolute atomic E-state index is 12.9. The van der Waals surface area contributed by atoms with E-state index in [2.05, 4.69) is 55.7 Å². The van der Waals surface area contributed by atoms with Crippen LogP contribution >= 0.6 is 0 Å². The number of carbonyl (C=O) groups is 1. The molecule has 1 aliphatic rings. The highest BCUT2D eigenvalue weighted by molar-refractivity contribution is 5.83. The summed E-state index contributed by atoms with van der Waals surface area (Å²) in [6.07, 6.45) is 3.23. The van der Waals surface area contributed by atoms with Crippen molar-refractivity contribution in [2.45, 2.75) is 58.2 Å². The summed E-state index contributed by atoms with van der Waals surface area (Å²) in [6.45, 7) is 6.57. The van der Waals surface area contributed by atoms with Crippen molar-refractivity contribution >= 4 is 5.91 Å². The summed E-state index contributed by atoms with van der Waals surface area (Å²) in [6, 6.07) is 18.9. The van der Waals surface area contributed by atoms with Gasteiger partial charge in [-0.05, 0) is 41.9 Å². The first-order valence-electron chi connectivity index (χ1n) is 9.78. The Labute approximate surface area is 157 Å². The molecule has 2 N–H and O–H groups in total. The molecular formula is C23H30N2O. The zero-order valence-electron chi connectivity index (χ0n) is 16.0. The summed E-state index contributed by atoms with van der Waals surface area (Å²) in [7, 11) is 0. The third-order valence-electron chi connectivity index (χ3n) is 5.08. The van der Waals surface area contributed by atoms with Gasteiger partial charge in [0.05, 0.1) is 0 Å². The van der Waals surface area contributed by atoms with Gasteiger partial charge in [-0.3, -0.25) is 10.1 Å². The van der Waals surface area contributed by atoms with Crippen molar-refractivity contribution in [3.63, 3.8) is 0 Å². The smallest absolute Gasteiger partial charge is 0.241 e. The molecule has 0 saturated heterocycles. The van der Waals surface area contributed by atoms with Gasteiger partial charge in [-0.15, -0.1) is 0 Å². The summed E-state index contributed by atoms with van der Waals surface area (Å²) in [5.74, 6) is 0.456. The normalized spacial score (nSPS) is 16.3. The Morgan fingerprint density at radius 2 is 1.65 bits per heavy atom. The minimum atomic E-state index is -0.338. The van der Waals surface area contributed by atoms with Crippen LogP contribution in [-0.4, -0.2) is 11.9 Å². The van der Waals surface area contributed by atoms with Crippen LogP contribution < -0.4 is 10.6 Å². The topological polar surface area (TPSA) is 41.1 Å². The number of carbonyl (C=O) groups excluding carboxylic acids is 1. The highest BCUT2D eigenvalue weighted by Crippen LogP contribution is 2.28. The van der Waals surface area contributed by atoms with Gasteiger partial charge in [-0.1, -0.05) is 75.4 Å². The lowest BCUT2D eigenvalue weighted by molar-refractivity contribution is -0.123. The summed E-state index contributed by atoms with van der Waals surface area (Å²) in [5, 5.41) is 6.81. The monoisotopic (exact) mass is 350 g/mol. The van der Waals surface area contributed by atoms with Crippen LogP contribution in [0.2, 0.25) is 0 Å². The van der Waals surface area contributed by atoms with Gasteiger partial charge < -0.3 is 5.32 Å². The van der Waals surface area contributed by atoms with Gasteiger partial charge in [0.15, 0.2) is 0 Å². The lowest BCUT2D eigenvalue weighted by atomic mass is 9.93. The SMILES string of the molecule is CCc1ccc([C@@H](N[C@H](C(=O)NC2CC2)c2ccccc2)C(C)C)cc1. The highest BCUT2D eigenvalue weighted by atomic mass is 16.2. The van der Waals surface area contributed by atoms with Gasteiger partial charge in [0, 0.05) is 12.1 Å². The van der Waals surface area contributed by atoms with Crippen LogP contribution in [0.25, 0.3) is 0 Å². The minimum absolute atomic E-state index is 0.0783. The van der Waals surface area contributed by atoms with E-state index in [1.165, 1.54) is 11.1 Å². The van der Waals surface area contributed by atoms with Crippen LogP contribution in [0.5, 0.6) is 0 Å². The second kappa shape index (κ2) is 8.50. The van der Waals surface area contributed by atoms with E-state index in [1.54, 1.807) is 0 Å². The van der Waals surface area contributed by atoms with E-state index in [0.717, 1.165) is 24.8 Å². The van der Waals surface area contributed by atoms with E-state index in [0.29, 0.717) is 12.0 Å². The molecule has 0 heterocycles. The summed E-state index contributed by atoms with van der Waals surface area (Å²) >= 11 is 0. The number of hydrogen-bond acceptors (Lipinski definition) is 2. The molecule has 138 valence electrons. The van der Waals surface area contributed by atoms with E-state index in [9.17, 15) is 4.79 Å². The van der Waals surface area contributed by atoms with Gasteiger partial charge >= 0.3 is 0 Å². The Morgan fingerprint density at radius 1 is 1.00 bits per heavy atom. The van der Waals surface area contributed by atoms with Crippen molar-refractivity contribution in [3.05, 3.63) is 71.3 Å². The fourth-order valence-electron chi connectivity index (χ4n) is 3.29. The van der Waals surface area contributed by atoms with Crippen molar-refractivity contribution < 1.29 is 4.79 Å². The van der Waals surface area contributed by atoms with Gasteiger partial charge in [0.2, 0.25) is 5.91 Å². The number of rotatable bonds is 8. The predicted octanol–water partition coefficient (Wildman–Crippen LogP) is 4.56. The molecule has 1 aliphatic carbocycles.